The van der Waals surface area contributed by atoms with Crippen molar-refractivity contribution in [1.82, 2.24) is 0 Å². The number of rotatable bonds is 0. The predicted molar refractivity (Wildman–Crippen MR) is 62.8 cm³/mol. The molecule has 1 aromatic carbocycles. The van der Waals surface area contributed by atoms with Crippen LogP contribution in [0.5, 0.6) is 0 Å². The summed E-state index contributed by atoms with van der Waals surface area (Å²) < 4.78 is 0. The lowest BCUT2D eigenvalue weighted by Crippen LogP contribution is -2.11. The molecule has 1 N–H and O–H groups in total. The molecule has 1 unspecified atom stereocenters. The van der Waals surface area contributed by atoms with Gasteiger partial charge >= 0.3 is 0 Å². The fourth-order valence-corrected chi connectivity index (χ4v) is 2.12. The minimum atomic E-state index is -0.222. The molecule has 0 bridgehead atoms. The normalized spacial score (nSPS) is 24.2. The van der Waals surface area contributed by atoms with Gasteiger partial charge in [0.05, 0.1) is 6.10 Å². The topological polar surface area (TPSA) is 20.2 Å². The van der Waals surface area contributed by atoms with Crippen LogP contribution in [0.25, 0.3) is 0 Å². The third kappa shape index (κ3) is 2.93. The average Bonchev–Trinajstić information content (AvgIpc) is 2.25. The van der Waals surface area contributed by atoms with E-state index in [-0.39, 0.29) is 6.10 Å². The van der Waals surface area contributed by atoms with E-state index in [0.717, 1.165) is 25.7 Å². The monoisotopic (exact) mass is 202 g/mol. The van der Waals surface area contributed by atoms with Crippen molar-refractivity contribution in [3.8, 4) is 0 Å². The van der Waals surface area contributed by atoms with Gasteiger partial charge < -0.3 is 5.11 Å². The molecule has 2 rings (SSSR count). The van der Waals surface area contributed by atoms with Crippen LogP contribution in [0.2, 0.25) is 0 Å². The van der Waals surface area contributed by atoms with Gasteiger partial charge in [-0.3, -0.25) is 0 Å². The summed E-state index contributed by atoms with van der Waals surface area (Å²) in [5.41, 5.74) is 2.73. The first-order chi connectivity index (χ1) is 7.36. The molecule has 1 aliphatic carbocycles. The summed E-state index contributed by atoms with van der Waals surface area (Å²) in [7, 11) is 0. The molecule has 1 nitrogen and oxygen atoms in total. The Morgan fingerprint density at radius 2 is 1.87 bits per heavy atom. The molecular formula is C14H18O. The van der Waals surface area contributed by atoms with Crippen molar-refractivity contribution in [2.75, 3.05) is 0 Å². The number of aryl methyl sites for hydroxylation is 1. The molecule has 0 saturated heterocycles. The van der Waals surface area contributed by atoms with Crippen LogP contribution in [0.3, 0.4) is 0 Å². The Morgan fingerprint density at radius 3 is 2.73 bits per heavy atom. The van der Waals surface area contributed by atoms with Crippen LogP contribution in [-0.4, -0.2) is 11.2 Å². The van der Waals surface area contributed by atoms with Crippen LogP contribution in [0.4, 0.5) is 0 Å². The smallest absolute Gasteiger partial charge is 0.0615 e. The Bertz CT molecular complexity index is 341. The van der Waals surface area contributed by atoms with Crippen LogP contribution in [0, 0.1) is 0 Å². The molecule has 1 aliphatic rings. The van der Waals surface area contributed by atoms with E-state index >= 15 is 0 Å². The van der Waals surface area contributed by atoms with Crippen LogP contribution in [0.15, 0.2) is 36.4 Å². The lowest BCUT2D eigenvalue weighted by Gasteiger charge is -2.14. The Kier molecular flexibility index (Phi) is 3.57. The van der Waals surface area contributed by atoms with Crippen molar-refractivity contribution < 1.29 is 5.11 Å². The summed E-state index contributed by atoms with van der Waals surface area (Å²) >= 11 is 0. The zero-order chi connectivity index (χ0) is 10.5. The number of benzene rings is 1. The maximum absolute atomic E-state index is 9.83. The van der Waals surface area contributed by atoms with E-state index in [2.05, 4.69) is 36.4 Å². The van der Waals surface area contributed by atoms with Gasteiger partial charge in [-0.25, -0.2) is 0 Å². The average molecular weight is 202 g/mol. The van der Waals surface area contributed by atoms with Gasteiger partial charge in [-0.1, -0.05) is 36.4 Å². The standard InChI is InChI=1S/C14H18O/c15-14-10-4-2-1-3-7-12-8-5-6-9-13(12)11-14/h2,4-6,8-9,14-15H,1,3,7,10-11H2/b4-2-. The summed E-state index contributed by atoms with van der Waals surface area (Å²) in [6.07, 6.45) is 9.13. The molecular weight excluding hydrogens is 184 g/mol. The highest BCUT2D eigenvalue weighted by atomic mass is 16.3. The van der Waals surface area contributed by atoms with E-state index in [1.54, 1.807) is 0 Å². The lowest BCUT2D eigenvalue weighted by molar-refractivity contribution is 0.178. The van der Waals surface area contributed by atoms with Crippen molar-refractivity contribution in [1.29, 1.82) is 0 Å². The van der Waals surface area contributed by atoms with Gasteiger partial charge in [0.1, 0.15) is 0 Å². The van der Waals surface area contributed by atoms with E-state index in [4.69, 9.17) is 0 Å². The predicted octanol–water partition coefficient (Wildman–Crippen LogP) is 2.87. The molecule has 0 spiro atoms. The van der Waals surface area contributed by atoms with Crippen molar-refractivity contribution >= 4 is 0 Å². The fourth-order valence-electron chi connectivity index (χ4n) is 2.12. The zero-order valence-corrected chi connectivity index (χ0v) is 9.02. The molecule has 1 atom stereocenters. The second kappa shape index (κ2) is 5.13. The quantitative estimate of drug-likeness (QED) is 0.641. The molecule has 0 aliphatic heterocycles. The minimum absolute atomic E-state index is 0.222. The first-order valence-corrected chi connectivity index (χ1v) is 5.76. The Hall–Kier alpha value is -1.08. The van der Waals surface area contributed by atoms with Gasteiger partial charge in [0, 0.05) is 0 Å². The molecule has 0 fully saturated rings. The molecule has 0 aromatic heterocycles. The fraction of sp³-hybridized carbons (Fsp3) is 0.429. The number of aliphatic hydroxyl groups is 1. The molecule has 80 valence electrons. The second-order valence-corrected chi connectivity index (χ2v) is 4.23. The highest BCUT2D eigenvalue weighted by molar-refractivity contribution is 5.28. The van der Waals surface area contributed by atoms with Crippen LogP contribution in [0.1, 0.15) is 30.4 Å². The van der Waals surface area contributed by atoms with Crippen LogP contribution in [-0.2, 0) is 12.8 Å². The molecule has 0 amide bonds. The van der Waals surface area contributed by atoms with E-state index in [9.17, 15) is 5.11 Å². The van der Waals surface area contributed by atoms with Crippen molar-refractivity contribution in [2.45, 2.75) is 38.2 Å². The van der Waals surface area contributed by atoms with Gasteiger partial charge in [0.15, 0.2) is 0 Å². The van der Waals surface area contributed by atoms with Gasteiger partial charge in [-0.05, 0) is 43.2 Å². The number of fused-ring (bicyclic) bond motifs is 1. The molecule has 0 saturated carbocycles. The largest absolute Gasteiger partial charge is 0.392 e. The summed E-state index contributed by atoms with van der Waals surface area (Å²) in [4.78, 5) is 0. The third-order valence-corrected chi connectivity index (χ3v) is 2.97. The minimum Gasteiger partial charge on any atom is -0.392 e. The Labute approximate surface area is 91.4 Å². The Morgan fingerprint density at radius 1 is 1.07 bits per heavy atom. The third-order valence-electron chi connectivity index (χ3n) is 2.97. The van der Waals surface area contributed by atoms with Gasteiger partial charge in [-0.2, -0.15) is 0 Å². The first kappa shape index (κ1) is 10.4. The van der Waals surface area contributed by atoms with Crippen molar-refractivity contribution in [2.24, 2.45) is 0 Å². The van der Waals surface area contributed by atoms with Gasteiger partial charge in [0.2, 0.25) is 0 Å². The van der Waals surface area contributed by atoms with Gasteiger partial charge in [0.25, 0.3) is 0 Å². The lowest BCUT2D eigenvalue weighted by atomic mass is 9.95. The summed E-state index contributed by atoms with van der Waals surface area (Å²) in [6.45, 7) is 0. The van der Waals surface area contributed by atoms with E-state index < -0.39 is 0 Å². The molecule has 15 heavy (non-hydrogen) atoms. The highest BCUT2D eigenvalue weighted by Crippen LogP contribution is 2.17. The van der Waals surface area contributed by atoms with E-state index in [1.807, 2.05) is 0 Å². The van der Waals surface area contributed by atoms with E-state index in [0.29, 0.717) is 0 Å². The maximum atomic E-state index is 9.83. The number of aliphatic hydroxyl groups excluding tert-OH is 1. The first-order valence-electron chi connectivity index (χ1n) is 5.76. The van der Waals surface area contributed by atoms with Crippen LogP contribution < -0.4 is 0 Å². The van der Waals surface area contributed by atoms with Crippen molar-refractivity contribution in [3.63, 3.8) is 0 Å². The Balaban J connectivity index is 2.19. The molecule has 1 heteroatoms. The number of hydrogen-bond donors (Lipinski definition) is 1. The van der Waals surface area contributed by atoms with Crippen LogP contribution >= 0.6 is 0 Å². The summed E-state index contributed by atoms with van der Waals surface area (Å²) in [5.74, 6) is 0. The number of allylic oxidation sites excluding steroid dienone is 1. The maximum Gasteiger partial charge on any atom is 0.0615 e. The van der Waals surface area contributed by atoms with Gasteiger partial charge in [-0.15, -0.1) is 0 Å². The SMILES string of the molecule is OC1C/C=C\CCCc2ccccc2C1. The molecule has 1 aromatic rings. The second-order valence-electron chi connectivity index (χ2n) is 4.23. The van der Waals surface area contributed by atoms with Crippen molar-refractivity contribution in [3.05, 3.63) is 47.5 Å². The molecule has 0 radical (unpaired) electrons. The van der Waals surface area contributed by atoms with E-state index in [1.165, 1.54) is 17.5 Å². The summed E-state index contributed by atoms with van der Waals surface area (Å²) in [5, 5.41) is 9.83. The number of hydrogen-bond acceptors (Lipinski definition) is 1. The highest BCUT2D eigenvalue weighted by Gasteiger charge is 2.08. The zero-order valence-electron chi connectivity index (χ0n) is 9.02. The molecule has 0 heterocycles. The summed E-state index contributed by atoms with van der Waals surface area (Å²) in [6, 6.07) is 8.48.